The van der Waals surface area contributed by atoms with Gasteiger partial charge >= 0.3 is 12.0 Å². The van der Waals surface area contributed by atoms with E-state index in [1.54, 1.807) is 0 Å². The number of hydrogen-bond donors (Lipinski definition) is 2. The average Bonchev–Trinajstić information content (AvgIpc) is 2.61. The van der Waals surface area contributed by atoms with Crippen LogP contribution >= 0.6 is 11.8 Å². The van der Waals surface area contributed by atoms with Crippen LogP contribution in [0.5, 0.6) is 0 Å². The Morgan fingerprint density at radius 1 is 1.50 bits per heavy atom. The smallest absolute Gasteiger partial charge is 0.327 e. The maximum Gasteiger partial charge on any atom is 0.327 e. The lowest BCUT2D eigenvalue weighted by Crippen LogP contribution is -2.48. The summed E-state index contributed by atoms with van der Waals surface area (Å²) in [5.74, 6) is -0.0125. The number of rotatable bonds is 2. The van der Waals surface area contributed by atoms with Gasteiger partial charge in [-0.25, -0.2) is 9.59 Å². The molecule has 0 radical (unpaired) electrons. The number of amides is 2. The lowest BCUT2D eigenvalue weighted by atomic mass is 9.97. The summed E-state index contributed by atoms with van der Waals surface area (Å²) < 4.78 is 0. The number of thioether (sulfide) groups is 1. The van der Waals surface area contributed by atoms with Gasteiger partial charge in [0.15, 0.2) is 0 Å². The molecule has 1 atom stereocenters. The summed E-state index contributed by atoms with van der Waals surface area (Å²) in [5.41, 5.74) is 0.00124. The second-order valence-corrected chi connectivity index (χ2v) is 6.04. The molecule has 2 N–H and O–H groups in total. The third-order valence-electron chi connectivity index (χ3n) is 2.20. The largest absolute Gasteiger partial charge is 0.480 e. The highest BCUT2D eigenvalue weighted by Gasteiger charge is 2.34. The fourth-order valence-corrected chi connectivity index (χ4v) is 2.43. The Labute approximate surface area is 99.6 Å². The van der Waals surface area contributed by atoms with Crippen LogP contribution in [-0.4, -0.2) is 46.2 Å². The van der Waals surface area contributed by atoms with Crippen LogP contribution < -0.4 is 5.32 Å². The molecule has 0 aromatic rings. The van der Waals surface area contributed by atoms with Crippen molar-refractivity contribution in [2.24, 2.45) is 5.41 Å². The summed E-state index contributed by atoms with van der Waals surface area (Å²) in [6.45, 7) is 6.58. The van der Waals surface area contributed by atoms with Gasteiger partial charge in [0.2, 0.25) is 0 Å². The summed E-state index contributed by atoms with van der Waals surface area (Å²) in [6.07, 6.45) is 0. The number of nitrogens with one attached hydrogen (secondary N) is 1. The number of nitrogens with zero attached hydrogens (tertiary/aromatic N) is 1. The molecule has 1 aliphatic heterocycles. The minimum atomic E-state index is -0.934. The quantitative estimate of drug-likeness (QED) is 0.768. The fraction of sp³-hybridized carbons (Fsp3) is 0.800. The Bertz CT molecular complexity index is 288. The van der Waals surface area contributed by atoms with Gasteiger partial charge in [0.25, 0.3) is 0 Å². The Kier molecular flexibility index (Phi) is 4.07. The molecule has 0 aromatic carbocycles. The van der Waals surface area contributed by atoms with Gasteiger partial charge in [-0.1, -0.05) is 20.8 Å². The van der Waals surface area contributed by atoms with Gasteiger partial charge in [0.1, 0.15) is 6.04 Å². The zero-order valence-electron chi connectivity index (χ0n) is 9.82. The van der Waals surface area contributed by atoms with Crippen molar-refractivity contribution in [3.63, 3.8) is 0 Å². The molecule has 0 saturated carbocycles. The molecule has 0 aliphatic carbocycles. The first kappa shape index (κ1) is 13.2. The average molecular weight is 246 g/mol. The zero-order chi connectivity index (χ0) is 12.3. The SMILES string of the molecule is CC(C)(C)CNC(=O)N1CSCC1C(=O)O. The number of hydrogen-bond acceptors (Lipinski definition) is 3. The molecule has 0 aromatic heterocycles. The van der Waals surface area contributed by atoms with Gasteiger partial charge in [0, 0.05) is 12.3 Å². The van der Waals surface area contributed by atoms with Crippen LogP contribution in [0.15, 0.2) is 0 Å². The van der Waals surface area contributed by atoms with E-state index in [0.717, 1.165) is 0 Å². The third kappa shape index (κ3) is 3.59. The maximum absolute atomic E-state index is 11.7. The zero-order valence-corrected chi connectivity index (χ0v) is 10.6. The molecular weight excluding hydrogens is 228 g/mol. The van der Waals surface area contributed by atoms with E-state index >= 15 is 0 Å². The molecule has 1 rings (SSSR count). The van der Waals surface area contributed by atoms with Gasteiger partial charge in [0.05, 0.1) is 5.88 Å². The van der Waals surface area contributed by atoms with Crippen molar-refractivity contribution in [1.82, 2.24) is 10.2 Å². The molecule has 1 aliphatic rings. The van der Waals surface area contributed by atoms with Crippen molar-refractivity contribution >= 4 is 23.8 Å². The van der Waals surface area contributed by atoms with Crippen LogP contribution in [0.2, 0.25) is 0 Å². The molecule has 1 fully saturated rings. The minimum absolute atomic E-state index is 0.00124. The molecule has 6 heteroatoms. The Morgan fingerprint density at radius 2 is 2.12 bits per heavy atom. The topological polar surface area (TPSA) is 69.6 Å². The van der Waals surface area contributed by atoms with Gasteiger partial charge in [-0.2, -0.15) is 0 Å². The monoisotopic (exact) mass is 246 g/mol. The predicted molar refractivity (Wildman–Crippen MR) is 63.4 cm³/mol. The predicted octanol–water partition coefficient (Wildman–Crippen LogP) is 1.20. The lowest BCUT2D eigenvalue weighted by Gasteiger charge is -2.24. The second kappa shape index (κ2) is 4.95. The van der Waals surface area contributed by atoms with E-state index in [2.05, 4.69) is 5.32 Å². The van der Waals surface area contributed by atoms with Gasteiger partial charge in [-0.15, -0.1) is 11.8 Å². The Balaban J connectivity index is 2.50. The van der Waals surface area contributed by atoms with Crippen LogP contribution in [0.3, 0.4) is 0 Å². The summed E-state index contributed by atoms with van der Waals surface area (Å²) in [4.78, 5) is 24.0. The van der Waals surface area contributed by atoms with E-state index in [0.29, 0.717) is 18.2 Å². The molecule has 0 spiro atoms. The van der Waals surface area contributed by atoms with Crippen molar-refractivity contribution < 1.29 is 14.7 Å². The Morgan fingerprint density at radius 3 is 2.62 bits per heavy atom. The van der Waals surface area contributed by atoms with Gasteiger partial charge in [-0.3, -0.25) is 0 Å². The number of carbonyl (C=O) groups is 2. The number of carboxylic acid groups (broad SMARTS) is 1. The second-order valence-electron chi connectivity index (χ2n) is 5.04. The van der Waals surface area contributed by atoms with Crippen LogP contribution in [0.25, 0.3) is 0 Å². The number of carboxylic acids is 1. The van der Waals surface area contributed by atoms with Crippen molar-refractivity contribution in [1.29, 1.82) is 0 Å². The first-order chi connectivity index (χ1) is 7.31. The standard InChI is InChI=1S/C10H18N2O3S/c1-10(2,3)5-11-9(15)12-6-16-4-7(12)8(13)14/h7H,4-6H2,1-3H3,(H,11,15)(H,13,14). The van der Waals surface area contributed by atoms with Crippen molar-refractivity contribution in [2.45, 2.75) is 26.8 Å². The highest BCUT2D eigenvalue weighted by atomic mass is 32.2. The van der Waals surface area contributed by atoms with Crippen LogP contribution in [0, 0.1) is 5.41 Å². The maximum atomic E-state index is 11.7. The van der Waals surface area contributed by atoms with E-state index < -0.39 is 12.0 Å². The molecule has 0 bridgehead atoms. The summed E-state index contributed by atoms with van der Waals surface area (Å²) in [7, 11) is 0. The van der Waals surface area contributed by atoms with Gasteiger partial charge in [-0.05, 0) is 5.41 Å². The third-order valence-corrected chi connectivity index (χ3v) is 3.21. The molecule has 1 unspecified atom stereocenters. The molecule has 1 saturated heterocycles. The van der Waals surface area contributed by atoms with E-state index in [1.807, 2.05) is 20.8 Å². The number of aliphatic carboxylic acids is 1. The van der Waals surface area contributed by atoms with Crippen molar-refractivity contribution in [2.75, 3.05) is 18.2 Å². The van der Waals surface area contributed by atoms with Crippen LogP contribution in [-0.2, 0) is 4.79 Å². The van der Waals surface area contributed by atoms with E-state index in [-0.39, 0.29) is 11.4 Å². The van der Waals surface area contributed by atoms with E-state index in [1.165, 1.54) is 16.7 Å². The molecule has 1 heterocycles. The fourth-order valence-electron chi connectivity index (χ4n) is 1.29. The summed E-state index contributed by atoms with van der Waals surface area (Å²) in [6, 6.07) is -0.975. The molecule has 2 amide bonds. The highest BCUT2D eigenvalue weighted by molar-refractivity contribution is 7.99. The molecular formula is C10H18N2O3S. The van der Waals surface area contributed by atoms with Crippen LogP contribution in [0.1, 0.15) is 20.8 Å². The molecule has 92 valence electrons. The van der Waals surface area contributed by atoms with E-state index in [9.17, 15) is 9.59 Å². The van der Waals surface area contributed by atoms with Crippen molar-refractivity contribution in [3.8, 4) is 0 Å². The summed E-state index contributed by atoms with van der Waals surface area (Å²) >= 11 is 1.46. The molecule has 16 heavy (non-hydrogen) atoms. The summed E-state index contributed by atoms with van der Waals surface area (Å²) in [5, 5.41) is 11.7. The van der Waals surface area contributed by atoms with Crippen LogP contribution in [0.4, 0.5) is 4.79 Å². The Hall–Kier alpha value is -0.910. The number of carbonyl (C=O) groups excluding carboxylic acids is 1. The normalized spacial score (nSPS) is 20.9. The molecule has 5 nitrogen and oxygen atoms in total. The number of urea groups is 1. The minimum Gasteiger partial charge on any atom is -0.480 e. The lowest BCUT2D eigenvalue weighted by molar-refractivity contribution is -0.140. The van der Waals surface area contributed by atoms with Crippen molar-refractivity contribution in [3.05, 3.63) is 0 Å². The van der Waals surface area contributed by atoms with E-state index in [4.69, 9.17) is 5.11 Å². The first-order valence-electron chi connectivity index (χ1n) is 5.16. The first-order valence-corrected chi connectivity index (χ1v) is 6.32. The highest BCUT2D eigenvalue weighted by Crippen LogP contribution is 2.21. The van der Waals surface area contributed by atoms with Gasteiger partial charge < -0.3 is 15.3 Å².